The molecule has 1 unspecified atom stereocenters. The normalized spacial score (nSPS) is 32.6. The number of nitrogens with zero attached hydrogens (tertiary/aromatic N) is 3. The zero-order valence-electron chi connectivity index (χ0n) is 11.0. The molecule has 9 nitrogen and oxygen atoms in total. The van der Waals surface area contributed by atoms with Crippen LogP contribution in [0.1, 0.15) is 24.8 Å². The second kappa shape index (κ2) is 4.70. The minimum atomic E-state index is -1.90. The van der Waals surface area contributed by atoms with Gasteiger partial charge in [0.2, 0.25) is 0 Å². The summed E-state index contributed by atoms with van der Waals surface area (Å²) in [5, 5.41) is 22.2. The molecule has 110 valence electrons. The Morgan fingerprint density at radius 1 is 1.65 bits per heavy atom. The average molecular weight is 283 g/mol. The van der Waals surface area contributed by atoms with E-state index in [-0.39, 0.29) is 30.6 Å². The zero-order valence-corrected chi connectivity index (χ0v) is 11.0. The predicted molar refractivity (Wildman–Crippen MR) is 68.6 cm³/mol. The number of hydrogen-bond acceptors (Lipinski definition) is 8. The lowest BCUT2D eigenvalue weighted by Gasteiger charge is -2.27. The van der Waals surface area contributed by atoms with Gasteiger partial charge in [0, 0.05) is 7.11 Å². The first-order chi connectivity index (χ1) is 9.57. The first-order valence-electron chi connectivity index (χ1n) is 6.31. The predicted octanol–water partition coefficient (Wildman–Crippen LogP) is -0.958. The Morgan fingerprint density at radius 2 is 2.45 bits per heavy atom. The Hall–Kier alpha value is -1.68. The fourth-order valence-corrected chi connectivity index (χ4v) is 2.47. The fourth-order valence-electron chi connectivity index (χ4n) is 2.47. The van der Waals surface area contributed by atoms with Crippen LogP contribution in [0, 0.1) is 0 Å². The molecule has 3 heterocycles. The van der Waals surface area contributed by atoms with E-state index in [9.17, 15) is 5.11 Å². The van der Waals surface area contributed by atoms with Crippen LogP contribution in [0.3, 0.4) is 0 Å². The third kappa shape index (κ3) is 1.95. The summed E-state index contributed by atoms with van der Waals surface area (Å²) in [5.41, 5.74) is 5.89. The largest absolute Gasteiger partial charge is 0.394 e. The number of methoxy groups -OCH3 is 1. The van der Waals surface area contributed by atoms with Gasteiger partial charge in [-0.25, -0.2) is 4.98 Å². The molecule has 0 amide bonds. The second-order valence-corrected chi connectivity index (χ2v) is 4.76. The van der Waals surface area contributed by atoms with Gasteiger partial charge in [0.1, 0.15) is 12.0 Å². The Balaban J connectivity index is 1.95. The number of anilines is 1. The van der Waals surface area contributed by atoms with E-state index in [4.69, 9.17) is 20.3 Å². The Kier molecular flexibility index (Phi) is 3.13. The summed E-state index contributed by atoms with van der Waals surface area (Å²) < 4.78 is 12.4. The lowest BCUT2D eigenvalue weighted by Crippen LogP contribution is -2.39. The molecule has 20 heavy (non-hydrogen) atoms. The number of guanidine groups is 1. The Bertz CT molecular complexity index is 545. The van der Waals surface area contributed by atoms with Crippen LogP contribution in [-0.4, -0.2) is 45.5 Å². The minimum absolute atomic E-state index is 0.0214. The highest BCUT2D eigenvalue weighted by atomic mass is 16.6. The first-order valence-corrected chi connectivity index (χ1v) is 6.31. The number of ether oxygens (including phenoxy) is 2. The van der Waals surface area contributed by atoms with Crippen molar-refractivity contribution in [2.24, 2.45) is 10.7 Å². The molecule has 0 bridgehead atoms. The van der Waals surface area contributed by atoms with Crippen LogP contribution in [0.4, 0.5) is 5.82 Å². The summed E-state index contributed by atoms with van der Waals surface area (Å²) in [5.74, 6) is -1.39. The standard InChI is InChI=1S/C11H17N5O4/c1-19-11(18)8-9(14-10(12)15-11)16(5-13-8)7-3-2-6(4-17)20-7/h5-7,17-18H,2-4H2,1H3,(H3,12,14,15)/t6-,7+,11?/m0/s1. The van der Waals surface area contributed by atoms with Crippen LogP contribution in [0.2, 0.25) is 0 Å². The van der Waals surface area contributed by atoms with Gasteiger partial charge in [0.15, 0.2) is 11.7 Å². The zero-order chi connectivity index (χ0) is 14.3. The molecule has 0 aliphatic carbocycles. The monoisotopic (exact) mass is 283 g/mol. The van der Waals surface area contributed by atoms with Gasteiger partial charge in [-0.15, -0.1) is 0 Å². The second-order valence-electron chi connectivity index (χ2n) is 4.76. The van der Waals surface area contributed by atoms with E-state index in [1.54, 1.807) is 4.57 Å². The number of nitrogens with one attached hydrogen (secondary N) is 1. The summed E-state index contributed by atoms with van der Waals surface area (Å²) in [4.78, 5) is 7.94. The van der Waals surface area contributed by atoms with Crippen LogP contribution in [0.5, 0.6) is 0 Å². The molecule has 9 heteroatoms. The molecular formula is C11H17N5O4. The number of imidazole rings is 1. The third-order valence-electron chi connectivity index (χ3n) is 3.50. The van der Waals surface area contributed by atoms with Crippen molar-refractivity contribution < 1.29 is 19.7 Å². The smallest absolute Gasteiger partial charge is 0.319 e. The maximum Gasteiger partial charge on any atom is 0.319 e. The van der Waals surface area contributed by atoms with E-state index >= 15 is 0 Å². The minimum Gasteiger partial charge on any atom is -0.394 e. The van der Waals surface area contributed by atoms with Gasteiger partial charge >= 0.3 is 5.91 Å². The van der Waals surface area contributed by atoms with Gasteiger partial charge in [0.05, 0.1) is 19.0 Å². The van der Waals surface area contributed by atoms with Crippen LogP contribution in [0.15, 0.2) is 11.3 Å². The van der Waals surface area contributed by atoms with E-state index in [1.807, 2.05) is 0 Å². The number of aliphatic hydroxyl groups excluding tert-OH is 1. The molecule has 1 saturated heterocycles. The molecule has 0 spiro atoms. The van der Waals surface area contributed by atoms with Gasteiger partial charge < -0.3 is 30.7 Å². The summed E-state index contributed by atoms with van der Waals surface area (Å²) in [6, 6.07) is 0. The highest BCUT2D eigenvalue weighted by Gasteiger charge is 2.41. The maximum atomic E-state index is 10.3. The summed E-state index contributed by atoms with van der Waals surface area (Å²) in [6.07, 6.45) is 2.56. The van der Waals surface area contributed by atoms with Crippen molar-refractivity contribution in [1.29, 1.82) is 0 Å². The maximum absolute atomic E-state index is 10.3. The molecular weight excluding hydrogens is 266 g/mol. The van der Waals surface area contributed by atoms with E-state index < -0.39 is 5.91 Å². The molecule has 0 aromatic carbocycles. The van der Waals surface area contributed by atoms with Gasteiger partial charge in [-0.3, -0.25) is 4.57 Å². The molecule has 0 radical (unpaired) electrons. The van der Waals surface area contributed by atoms with Crippen LogP contribution in [-0.2, 0) is 15.4 Å². The van der Waals surface area contributed by atoms with Crippen molar-refractivity contribution in [2.75, 3.05) is 19.0 Å². The van der Waals surface area contributed by atoms with Crippen LogP contribution >= 0.6 is 0 Å². The Morgan fingerprint density at radius 3 is 3.10 bits per heavy atom. The molecule has 1 aromatic heterocycles. The van der Waals surface area contributed by atoms with Crippen molar-refractivity contribution in [3.8, 4) is 0 Å². The van der Waals surface area contributed by atoms with E-state index in [1.165, 1.54) is 13.4 Å². The first kappa shape index (κ1) is 13.3. The van der Waals surface area contributed by atoms with Crippen LogP contribution in [0.25, 0.3) is 0 Å². The number of aliphatic imine (C=N–C) groups is 1. The quantitative estimate of drug-likeness (QED) is 0.526. The molecule has 3 rings (SSSR count). The SMILES string of the molecule is COC1(O)N=C(N)Nc2c1ncn2[C@H]1CC[C@@H](CO)O1. The molecule has 1 fully saturated rings. The van der Waals surface area contributed by atoms with Crippen molar-refractivity contribution in [2.45, 2.75) is 31.1 Å². The van der Waals surface area contributed by atoms with Crippen molar-refractivity contribution in [1.82, 2.24) is 9.55 Å². The Labute approximate surface area is 115 Å². The third-order valence-corrected chi connectivity index (χ3v) is 3.50. The van der Waals surface area contributed by atoms with Gasteiger partial charge in [-0.2, -0.15) is 4.99 Å². The average Bonchev–Trinajstić information content (AvgIpc) is 3.04. The van der Waals surface area contributed by atoms with E-state index in [0.717, 1.165) is 12.8 Å². The number of fused-ring (bicyclic) bond motifs is 1. The molecule has 5 N–H and O–H groups in total. The van der Waals surface area contributed by atoms with Gasteiger partial charge in [-0.1, -0.05) is 0 Å². The number of rotatable bonds is 3. The number of hydrogen-bond donors (Lipinski definition) is 4. The molecule has 1 aromatic rings. The number of nitrogens with two attached hydrogens (primary N) is 1. The topological polar surface area (TPSA) is 127 Å². The summed E-state index contributed by atoms with van der Waals surface area (Å²) >= 11 is 0. The van der Waals surface area contributed by atoms with Crippen molar-refractivity contribution >= 4 is 11.8 Å². The molecule has 0 saturated carbocycles. The van der Waals surface area contributed by atoms with E-state index in [2.05, 4.69) is 15.3 Å². The summed E-state index contributed by atoms with van der Waals surface area (Å²) in [7, 11) is 1.32. The molecule has 2 aliphatic heterocycles. The molecule has 2 aliphatic rings. The van der Waals surface area contributed by atoms with Crippen molar-refractivity contribution in [3.05, 3.63) is 12.0 Å². The highest BCUT2D eigenvalue weighted by molar-refractivity contribution is 5.94. The van der Waals surface area contributed by atoms with E-state index in [0.29, 0.717) is 5.82 Å². The number of aromatic nitrogens is 2. The fraction of sp³-hybridized carbons (Fsp3) is 0.636. The van der Waals surface area contributed by atoms with Crippen molar-refractivity contribution in [3.63, 3.8) is 0 Å². The molecule has 3 atom stereocenters. The number of aliphatic hydroxyl groups is 2. The summed E-state index contributed by atoms with van der Waals surface area (Å²) in [6.45, 7) is -0.0214. The van der Waals surface area contributed by atoms with Crippen LogP contribution < -0.4 is 11.1 Å². The highest BCUT2D eigenvalue weighted by Crippen LogP contribution is 2.37. The van der Waals surface area contributed by atoms with Gasteiger partial charge in [0.25, 0.3) is 0 Å². The lowest BCUT2D eigenvalue weighted by atomic mass is 10.2. The van der Waals surface area contributed by atoms with Gasteiger partial charge in [-0.05, 0) is 12.8 Å². The lowest BCUT2D eigenvalue weighted by molar-refractivity contribution is -0.189.